The zero-order valence-electron chi connectivity index (χ0n) is 8.68. The molecule has 2 unspecified atom stereocenters. The molecule has 0 aromatic rings. The standard InChI is InChI=1S/C10H21NO/c1-5-6-8(2)7-10(12)9(3)11-4/h8-9,11H,5-7H2,1-4H3. The van der Waals surface area contributed by atoms with Crippen LogP contribution in [-0.2, 0) is 4.79 Å². The van der Waals surface area contributed by atoms with Crippen LogP contribution in [0.4, 0.5) is 0 Å². The van der Waals surface area contributed by atoms with Crippen LogP contribution in [0.3, 0.4) is 0 Å². The summed E-state index contributed by atoms with van der Waals surface area (Å²) < 4.78 is 0. The summed E-state index contributed by atoms with van der Waals surface area (Å²) in [6, 6.07) is 0.0179. The van der Waals surface area contributed by atoms with Crippen molar-refractivity contribution in [2.45, 2.75) is 46.1 Å². The summed E-state index contributed by atoms with van der Waals surface area (Å²) in [5, 5.41) is 2.96. The fraction of sp³-hybridized carbons (Fsp3) is 0.900. The quantitative estimate of drug-likeness (QED) is 0.662. The number of Topliss-reactive ketones (excluding diaryl/α,β-unsaturated/α-hetero) is 1. The molecule has 2 nitrogen and oxygen atoms in total. The Labute approximate surface area is 75.7 Å². The summed E-state index contributed by atoms with van der Waals surface area (Å²) in [6.45, 7) is 6.22. The molecular weight excluding hydrogens is 150 g/mol. The summed E-state index contributed by atoms with van der Waals surface area (Å²) >= 11 is 0. The average Bonchev–Trinajstić information content (AvgIpc) is 2.03. The molecular formula is C10H21NO. The van der Waals surface area contributed by atoms with Crippen LogP contribution < -0.4 is 5.32 Å². The molecule has 0 aromatic heterocycles. The van der Waals surface area contributed by atoms with Crippen molar-refractivity contribution in [1.29, 1.82) is 0 Å². The number of hydrogen-bond donors (Lipinski definition) is 1. The van der Waals surface area contributed by atoms with Crippen molar-refractivity contribution in [1.82, 2.24) is 5.32 Å². The van der Waals surface area contributed by atoms with E-state index in [4.69, 9.17) is 0 Å². The van der Waals surface area contributed by atoms with Crippen molar-refractivity contribution in [2.24, 2.45) is 5.92 Å². The SMILES string of the molecule is CCCC(C)CC(=O)C(C)NC. The molecule has 0 spiro atoms. The molecule has 2 atom stereocenters. The minimum absolute atomic E-state index is 0.0179. The van der Waals surface area contributed by atoms with Crippen molar-refractivity contribution in [3.05, 3.63) is 0 Å². The van der Waals surface area contributed by atoms with Gasteiger partial charge in [-0.1, -0.05) is 26.7 Å². The van der Waals surface area contributed by atoms with E-state index in [-0.39, 0.29) is 6.04 Å². The molecule has 12 heavy (non-hydrogen) atoms. The van der Waals surface area contributed by atoms with Crippen LogP contribution >= 0.6 is 0 Å². The summed E-state index contributed by atoms with van der Waals surface area (Å²) in [7, 11) is 1.83. The monoisotopic (exact) mass is 171 g/mol. The molecule has 0 saturated heterocycles. The fourth-order valence-electron chi connectivity index (χ4n) is 1.28. The molecule has 0 amide bonds. The van der Waals surface area contributed by atoms with Crippen LogP contribution in [0.1, 0.15) is 40.0 Å². The van der Waals surface area contributed by atoms with Gasteiger partial charge >= 0.3 is 0 Å². The van der Waals surface area contributed by atoms with Crippen molar-refractivity contribution in [3.63, 3.8) is 0 Å². The van der Waals surface area contributed by atoms with Gasteiger partial charge in [0, 0.05) is 6.42 Å². The Kier molecular flexibility index (Phi) is 5.99. The van der Waals surface area contributed by atoms with Crippen LogP contribution in [0.25, 0.3) is 0 Å². The van der Waals surface area contributed by atoms with Crippen molar-refractivity contribution < 1.29 is 4.79 Å². The number of hydrogen-bond acceptors (Lipinski definition) is 2. The number of ketones is 1. The van der Waals surface area contributed by atoms with Crippen LogP contribution in [0.15, 0.2) is 0 Å². The molecule has 0 radical (unpaired) electrons. The van der Waals surface area contributed by atoms with E-state index in [1.165, 1.54) is 6.42 Å². The lowest BCUT2D eigenvalue weighted by Crippen LogP contribution is -2.31. The number of nitrogens with one attached hydrogen (secondary N) is 1. The highest BCUT2D eigenvalue weighted by Crippen LogP contribution is 2.11. The van der Waals surface area contributed by atoms with Gasteiger partial charge in [-0.25, -0.2) is 0 Å². The first-order valence-electron chi connectivity index (χ1n) is 4.81. The number of rotatable bonds is 6. The second kappa shape index (κ2) is 6.18. The molecule has 0 aliphatic rings. The maximum Gasteiger partial charge on any atom is 0.149 e. The lowest BCUT2D eigenvalue weighted by Gasteiger charge is -2.12. The smallest absolute Gasteiger partial charge is 0.149 e. The minimum Gasteiger partial charge on any atom is -0.311 e. The first-order valence-corrected chi connectivity index (χ1v) is 4.81. The highest BCUT2D eigenvalue weighted by molar-refractivity contribution is 5.83. The molecule has 0 aliphatic carbocycles. The van der Waals surface area contributed by atoms with E-state index in [1.54, 1.807) is 0 Å². The molecule has 0 rings (SSSR count). The number of carbonyl (C=O) groups is 1. The zero-order valence-corrected chi connectivity index (χ0v) is 8.68. The van der Waals surface area contributed by atoms with E-state index >= 15 is 0 Å². The van der Waals surface area contributed by atoms with Crippen molar-refractivity contribution >= 4 is 5.78 Å². The lowest BCUT2D eigenvalue weighted by molar-refractivity contribution is -0.121. The Balaban J connectivity index is 3.67. The third-order valence-corrected chi connectivity index (χ3v) is 2.25. The van der Waals surface area contributed by atoms with E-state index in [0.717, 1.165) is 12.8 Å². The van der Waals surface area contributed by atoms with Gasteiger partial charge in [0.25, 0.3) is 0 Å². The molecule has 0 aromatic carbocycles. The molecule has 72 valence electrons. The Bertz CT molecular complexity index is 134. The molecule has 0 fully saturated rings. The van der Waals surface area contributed by atoms with E-state index in [0.29, 0.717) is 11.7 Å². The molecule has 0 bridgehead atoms. The molecule has 0 heterocycles. The summed E-state index contributed by atoms with van der Waals surface area (Å²) in [5.74, 6) is 0.872. The molecule has 0 saturated carbocycles. The van der Waals surface area contributed by atoms with Gasteiger partial charge in [0.2, 0.25) is 0 Å². The predicted molar refractivity (Wildman–Crippen MR) is 52.2 cm³/mol. The third-order valence-electron chi connectivity index (χ3n) is 2.25. The van der Waals surface area contributed by atoms with Crippen LogP contribution in [0.5, 0.6) is 0 Å². The Morgan fingerprint density at radius 2 is 2.00 bits per heavy atom. The zero-order chi connectivity index (χ0) is 9.56. The van der Waals surface area contributed by atoms with Gasteiger partial charge in [0.15, 0.2) is 0 Å². The van der Waals surface area contributed by atoms with Gasteiger partial charge in [0.05, 0.1) is 6.04 Å². The van der Waals surface area contributed by atoms with Crippen LogP contribution in [-0.4, -0.2) is 18.9 Å². The second-order valence-corrected chi connectivity index (χ2v) is 3.57. The molecule has 1 N–H and O–H groups in total. The van der Waals surface area contributed by atoms with Crippen LogP contribution in [0.2, 0.25) is 0 Å². The Morgan fingerprint density at radius 3 is 2.42 bits per heavy atom. The first-order chi connectivity index (χ1) is 5.61. The van der Waals surface area contributed by atoms with Gasteiger partial charge in [-0.3, -0.25) is 4.79 Å². The van der Waals surface area contributed by atoms with Gasteiger partial charge < -0.3 is 5.32 Å². The molecule has 0 aliphatic heterocycles. The summed E-state index contributed by atoms with van der Waals surface area (Å²) in [6.07, 6.45) is 3.04. The Hall–Kier alpha value is -0.370. The van der Waals surface area contributed by atoms with E-state index in [2.05, 4.69) is 19.2 Å². The largest absolute Gasteiger partial charge is 0.311 e. The summed E-state index contributed by atoms with van der Waals surface area (Å²) in [5.41, 5.74) is 0. The van der Waals surface area contributed by atoms with E-state index < -0.39 is 0 Å². The van der Waals surface area contributed by atoms with Gasteiger partial charge in [0.1, 0.15) is 5.78 Å². The van der Waals surface area contributed by atoms with Crippen LogP contribution in [0, 0.1) is 5.92 Å². The van der Waals surface area contributed by atoms with E-state index in [9.17, 15) is 4.79 Å². The number of carbonyl (C=O) groups excluding carboxylic acids is 1. The summed E-state index contributed by atoms with van der Waals surface area (Å²) in [4.78, 5) is 11.4. The maximum atomic E-state index is 11.4. The average molecular weight is 171 g/mol. The Morgan fingerprint density at radius 1 is 1.42 bits per heavy atom. The second-order valence-electron chi connectivity index (χ2n) is 3.57. The van der Waals surface area contributed by atoms with Gasteiger partial charge in [-0.2, -0.15) is 0 Å². The predicted octanol–water partition coefficient (Wildman–Crippen LogP) is 1.99. The fourth-order valence-corrected chi connectivity index (χ4v) is 1.28. The van der Waals surface area contributed by atoms with Crippen molar-refractivity contribution in [2.75, 3.05) is 7.05 Å². The first kappa shape index (κ1) is 11.6. The third kappa shape index (κ3) is 4.50. The van der Waals surface area contributed by atoms with E-state index in [1.807, 2.05) is 14.0 Å². The van der Waals surface area contributed by atoms with Gasteiger partial charge in [-0.15, -0.1) is 0 Å². The van der Waals surface area contributed by atoms with Crippen molar-refractivity contribution in [3.8, 4) is 0 Å². The lowest BCUT2D eigenvalue weighted by atomic mass is 9.97. The normalized spacial score (nSPS) is 15.7. The minimum atomic E-state index is 0.0179. The topological polar surface area (TPSA) is 29.1 Å². The molecule has 2 heteroatoms. The maximum absolute atomic E-state index is 11.4. The number of likely N-dealkylation sites (N-methyl/N-ethyl adjacent to an activating group) is 1. The highest BCUT2D eigenvalue weighted by atomic mass is 16.1. The van der Waals surface area contributed by atoms with Gasteiger partial charge in [-0.05, 0) is 19.9 Å². The highest BCUT2D eigenvalue weighted by Gasteiger charge is 2.13.